The van der Waals surface area contributed by atoms with E-state index in [0.717, 1.165) is 24.1 Å². The molecule has 0 saturated heterocycles. The molecule has 0 aliphatic heterocycles. The van der Waals surface area contributed by atoms with Gasteiger partial charge in [-0.05, 0) is 50.2 Å². The molecule has 1 unspecified atom stereocenters. The van der Waals surface area contributed by atoms with E-state index >= 15 is 0 Å². The fourth-order valence-corrected chi connectivity index (χ4v) is 2.77. The molecule has 6 heteroatoms. The first kappa shape index (κ1) is 21.4. The molecule has 2 aromatic carbocycles. The SMILES string of the molecule is CNCCCC(=O)NC(c1ccc(C)cc1)c1ccc(F)cc1Cl.Cl. The molecule has 2 aromatic rings. The lowest BCUT2D eigenvalue weighted by Crippen LogP contribution is -2.30. The molecule has 0 bridgehead atoms. The number of halogens is 3. The van der Waals surface area contributed by atoms with E-state index in [4.69, 9.17) is 11.6 Å². The first-order valence-electron chi connectivity index (χ1n) is 7.96. The summed E-state index contributed by atoms with van der Waals surface area (Å²) in [4.78, 5) is 12.3. The van der Waals surface area contributed by atoms with E-state index in [2.05, 4.69) is 10.6 Å². The van der Waals surface area contributed by atoms with Gasteiger partial charge in [0.15, 0.2) is 0 Å². The van der Waals surface area contributed by atoms with Crippen molar-refractivity contribution < 1.29 is 9.18 Å². The summed E-state index contributed by atoms with van der Waals surface area (Å²) in [5.41, 5.74) is 2.73. The van der Waals surface area contributed by atoms with E-state index in [1.54, 1.807) is 6.07 Å². The highest BCUT2D eigenvalue weighted by molar-refractivity contribution is 6.31. The van der Waals surface area contributed by atoms with Gasteiger partial charge in [0, 0.05) is 11.4 Å². The Morgan fingerprint density at radius 2 is 1.88 bits per heavy atom. The van der Waals surface area contributed by atoms with Crippen LogP contribution in [0.25, 0.3) is 0 Å². The van der Waals surface area contributed by atoms with Gasteiger partial charge in [0.05, 0.1) is 6.04 Å². The summed E-state index contributed by atoms with van der Waals surface area (Å²) in [5, 5.41) is 6.34. The Bertz CT molecular complexity index is 692. The minimum Gasteiger partial charge on any atom is -0.345 e. The molecule has 2 N–H and O–H groups in total. The Morgan fingerprint density at radius 1 is 1.20 bits per heavy atom. The van der Waals surface area contributed by atoms with Crippen molar-refractivity contribution in [1.29, 1.82) is 0 Å². The van der Waals surface area contributed by atoms with Crippen LogP contribution in [-0.2, 0) is 4.79 Å². The van der Waals surface area contributed by atoms with Gasteiger partial charge < -0.3 is 10.6 Å². The fourth-order valence-electron chi connectivity index (χ4n) is 2.49. The van der Waals surface area contributed by atoms with Crippen LogP contribution in [0.3, 0.4) is 0 Å². The molecule has 3 nitrogen and oxygen atoms in total. The van der Waals surface area contributed by atoms with Gasteiger partial charge in [0.1, 0.15) is 5.82 Å². The summed E-state index contributed by atoms with van der Waals surface area (Å²) in [5.74, 6) is -0.456. The summed E-state index contributed by atoms with van der Waals surface area (Å²) in [6.07, 6.45) is 1.17. The zero-order valence-electron chi connectivity index (χ0n) is 14.3. The number of carbonyl (C=O) groups excluding carboxylic acids is 1. The first-order valence-corrected chi connectivity index (χ1v) is 8.34. The average molecular weight is 385 g/mol. The monoisotopic (exact) mass is 384 g/mol. The normalized spacial score (nSPS) is 11.5. The van der Waals surface area contributed by atoms with Gasteiger partial charge >= 0.3 is 0 Å². The Hall–Kier alpha value is -1.62. The van der Waals surface area contributed by atoms with Crippen molar-refractivity contribution in [2.45, 2.75) is 25.8 Å². The molecule has 0 saturated carbocycles. The number of amides is 1. The Kier molecular flexibility index (Phi) is 8.90. The smallest absolute Gasteiger partial charge is 0.220 e. The van der Waals surface area contributed by atoms with Crippen LogP contribution in [0.2, 0.25) is 5.02 Å². The standard InChI is InChI=1S/C19H22ClFN2O.ClH/c1-13-5-7-14(8-6-13)19(23-18(24)4-3-11-22-2)16-10-9-15(21)12-17(16)20;/h5-10,12,19,22H,3-4,11H2,1-2H3,(H,23,24);1H. The Balaban J connectivity index is 0.00000312. The second-order valence-corrected chi connectivity index (χ2v) is 6.19. The lowest BCUT2D eigenvalue weighted by Gasteiger charge is -2.21. The van der Waals surface area contributed by atoms with Crippen molar-refractivity contribution in [2.24, 2.45) is 0 Å². The van der Waals surface area contributed by atoms with Crippen LogP contribution in [0.1, 0.15) is 35.6 Å². The predicted octanol–water partition coefficient (Wildman–Crippen LogP) is 4.41. The van der Waals surface area contributed by atoms with E-state index < -0.39 is 11.9 Å². The highest BCUT2D eigenvalue weighted by Gasteiger charge is 2.19. The number of benzene rings is 2. The topological polar surface area (TPSA) is 41.1 Å². The summed E-state index contributed by atoms with van der Waals surface area (Å²) in [6, 6.07) is 11.7. The van der Waals surface area contributed by atoms with Gasteiger partial charge in [-0.2, -0.15) is 0 Å². The molecule has 2 rings (SSSR count). The van der Waals surface area contributed by atoms with Crippen molar-refractivity contribution >= 4 is 29.9 Å². The van der Waals surface area contributed by atoms with E-state index in [1.807, 2.05) is 38.2 Å². The molecule has 0 aliphatic rings. The average Bonchev–Trinajstić information content (AvgIpc) is 2.54. The van der Waals surface area contributed by atoms with Crippen LogP contribution < -0.4 is 10.6 Å². The Labute approximate surface area is 159 Å². The molecule has 0 aliphatic carbocycles. The maximum Gasteiger partial charge on any atom is 0.220 e. The molecule has 0 heterocycles. The fraction of sp³-hybridized carbons (Fsp3) is 0.316. The van der Waals surface area contributed by atoms with Crippen LogP contribution >= 0.6 is 24.0 Å². The quantitative estimate of drug-likeness (QED) is 0.693. The van der Waals surface area contributed by atoms with Crippen molar-refractivity contribution in [1.82, 2.24) is 10.6 Å². The lowest BCUT2D eigenvalue weighted by atomic mass is 9.97. The largest absolute Gasteiger partial charge is 0.345 e. The van der Waals surface area contributed by atoms with Gasteiger partial charge in [-0.3, -0.25) is 4.79 Å². The zero-order valence-corrected chi connectivity index (χ0v) is 15.9. The summed E-state index contributed by atoms with van der Waals surface area (Å²) in [6.45, 7) is 2.78. The maximum absolute atomic E-state index is 13.4. The molecular formula is C19H23Cl2FN2O. The van der Waals surface area contributed by atoms with Crippen LogP contribution in [0.5, 0.6) is 0 Å². The third-order valence-corrected chi connectivity index (χ3v) is 4.15. The third kappa shape index (κ3) is 6.31. The molecule has 136 valence electrons. The number of carbonyl (C=O) groups is 1. The van der Waals surface area contributed by atoms with Crippen LogP contribution in [0.15, 0.2) is 42.5 Å². The van der Waals surface area contributed by atoms with Gasteiger partial charge in [0.25, 0.3) is 0 Å². The van der Waals surface area contributed by atoms with Crippen LogP contribution in [0, 0.1) is 12.7 Å². The maximum atomic E-state index is 13.4. The molecule has 0 spiro atoms. The van der Waals surface area contributed by atoms with Crippen molar-refractivity contribution in [3.63, 3.8) is 0 Å². The Morgan fingerprint density at radius 3 is 2.48 bits per heavy atom. The number of aryl methyl sites for hydroxylation is 1. The van der Waals surface area contributed by atoms with Gasteiger partial charge in [-0.1, -0.05) is 47.5 Å². The molecule has 25 heavy (non-hydrogen) atoms. The molecule has 1 atom stereocenters. The highest BCUT2D eigenvalue weighted by Crippen LogP contribution is 2.29. The molecule has 1 amide bonds. The number of nitrogens with one attached hydrogen (secondary N) is 2. The second kappa shape index (κ2) is 10.4. The minimum atomic E-state index is -0.402. The van der Waals surface area contributed by atoms with Crippen molar-refractivity contribution in [3.05, 3.63) is 70.0 Å². The molecule has 0 fully saturated rings. The summed E-state index contributed by atoms with van der Waals surface area (Å²) >= 11 is 6.21. The highest BCUT2D eigenvalue weighted by atomic mass is 35.5. The third-order valence-electron chi connectivity index (χ3n) is 3.82. The molecular weight excluding hydrogens is 362 g/mol. The van der Waals surface area contributed by atoms with E-state index in [9.17, 15) is 9.18 Å². The minimum absolute atomic E-state index is 0. The van der Waals surface area contributed by atoms with E-state index in [1.165, 1.54) is 12.1 Å². The predicted molar refractivity (Wildman–Crippen MR) is 103 cm³/mol. The first-order chi connectivity index (χ1) is 11.5. The van der Waals surface area contributed by atoms with Crippen LogP contribution in [0.4, 0.5) is 4.39 Å². The number of hydrogen-bond acceptors (Lipinski definition) is 2. The van der Waals surface area contributed by atoms with Gasteiger partial charge in [-0.15, -0.1) is 12.4 Å². The zero-order chi connectivity index (χ0) is 17.5. The molecule has 0 radical (unpaired) electrons. The van der Waals surface area contributed by atoms with E-state index in [-0.39, 0.29) is 18.3 Å². The second-order valence-electron chi connectivity index (χ2n) is 5.78. The lowest BCUT2D eigenvalue weighted by molar-refractivity contribution is -0.121. The van der Waals surface area contributed by atoms with E-state index in [0.29, 0.717) is 17.0 Å². The summed E-state index contributed by atoms with van der Waals surface area (Å²) in [7, 11) is 1.85. The van der Waals surface area contributed by atoms with Gasteiger partial charge in [0.2, 0.25) is 5.91 Å². The van der Waals surface area contributed by atoms with Crippen molar-refractivity contribution in [2.75, 3.05) is 13.6 Å². The van der Waals surface area contributed by atoms with Crippen molar-refractivity contribution in [3.8, 4) is 0 Å². The van der Waals surface area contributed by atoms with Gasteiger partial charge in [-0.25, -0.2) is 4.39 Å². The summed E-state index contributed by atoms with van der Waals surface area (Å²) < 4.78 is 13.4. The number of hydrogen-bond donors (Lipinski definition) is 2. The molecule has 0 aromatic heterocycles. The van der Waals surface area contributed by atoms with Crippen LogP contribution in [-0.4, -0.2) is 19.5 Å². The number of rotatable bonds is 7.